The fourth-order valence-electron chi connectivity index (χ4n) is 2.64. The van der Waals surface area contributed by atoms with Crippen molar-refractivity contribution in [1.82, 2.24) is 0 Å². The van der Waals surface area contributed by atoms with E-state index in [1.807, 2.05) is 79.7 Å². The van der Waals surface area contributed by atoms with Crippen LogP contribution >= 0.6 is 0 Å². The maximum absolute atomic E-state index is 6.37. The highest BCUT2D eigenvalue weighted by Crippen LogP contribution is 2.27. The summed E-state index contributed by atoms with van der Waals surface area (Å²) in [5, 5.41) is 0. The summed E-state index contributed by atoms with van der Waals surface area (Å²) in [7, 11) is -3.04. The van der Waals surface area contributed by atoms with Gasteiger partial charge in [-0.05, 0) is 57.2 Å². The monoisotopic (exact) mass is 378 g/mol. The van der Waals surface area contributed by atoms with Crippen LogP contribution in [0, 0.1) is 20.8 Å². The van der Waals surface area contributed by atoms with Gasteiger partial charge in [-0.3, -0.25) is 0 Å². The van der Waals surface area contributed by atoms with Crippen molar-refractivity contribution in [3.05, 3.63) is 89.5 Å². The van der Waals surface area contributed by atoms with Gasteiger partial charge in [0.2, 0.25) is 0 Å². The summed E-state index contributed by atoms with van der Waals surface area (Å²) in [6.07, 6.45) is 0. The molecule has 0 saturated heterocycles. The fourth-order valence-corrected chi connectivity index (χ4v) is 4.68. The first-order valence-electron chi connectivity index (χ1n) is 9.25. The zero-order valence-corrected chi connectivity index (χ0v) is 17.4. The maximum Gasteiger partial charge on any atom is 0.699 e. The molecule has 0 saturated carbocycles. The molecule has 3 rings (SSSR count). The largest absolute Gasteiger partial charge is 0.699 e. The van der Waals surface area contributed by atoms with Gasteiger partial charge in [0.1, 0.15) is 17.2 Å². The summed E-state index contributed by atoms with van der Waals surface area (Å²) in [6, 6.07) is 24.6. The standard InChI is InChI=1S/C23H26O3Si/c1-5-27(24-21-12-6-18(2)7-13-21,25-22-14-8-19(3)9-15-22)26-23-16-10-20(4)11-17-23/h6-17H,5H2,1-4H3. The molecular weight excluding hydrogens is 352 g/mol. The van der Waals surface area contributed by atoms with E-state index in [2.05, 4.69) is 20.8 Å². The van der Waals surface area contributed by atoms with Crippen LogP contribution in [0.2, 0.25) is 6.04 Å². The minimum Gasteiger partial charge on any atom is -0.483 e. The van der Waals surface area contributed by atoms with Crippen LogP contribution in [0.3, 0.4) is 0 Å². The summed E-state index contributed by atoms with van der Waals surface area (Å²) in [5.41, 5.74) is 3.56. The predicted octanol–water partition coefficient (Wildman–Crippen LogP) is 6.11. The van der Waals surface area contributed by atoms with Gasteiger partial charge in [0, 0.05) is 0 Å². The van der Waals surface area contributed by atoms with Crippen molar-refractivity contribution in [1.29, 1.82) is 0 Å². The maximum atomic E-state index is 6.37. The Kier molecular flexibility index (Phi) is 5.87. The Morgan fingerprint density at radius 3 is 1.00 bits per heavy atom. The average Bonchev–Trinajstić information content (AvgIpc) is 2.67. The van der Waals surface area contributed by atoms with Gasteiger partial charge in [-0.25, -0.2) is 0 Å². The average molecular weight is 379 g/mol. The Balaban J connectivity index is 1.92. The molecule has 0 amide bonds. The lowest BCUT2D eigenvalue weighted by molar-refractivity contribution is 0.262. The van der Waals surface area contributed by atoms with E-state index in [-0.39, 0.29) is 0 Å². The van der Waals surface area contributed by atoms with Crippen molar-refractivity contribution in [2.75, 3.05) is 0 Å². The topological polar surface area (TPSA) is 27.7 Å². The first-order chi connectivity index (χ1) is 13.0. The lowest BCUT2D eigenvalue weighted by Crippen LogP contribution is -2.54. The van der Waals surface area contributed by atoms with Crippen LogP contribution in [-0.4, -0.2) is 8.80 Å². The molecule has 0 aliphatic heterocycles. The lowest BCUT2D eigenvalue weighted by atomic mass is 10.2. The Bertz CT molecular complexity index is 740. The molecule has 0 fully saturated rings. The van der Waals surface area contributed by atoms with Crippen molar-refractivity contribution in [3.63, 3.8) is 0 Å². The minimum atomic E-state index is -3.04. The zero-order chi connectivity index (χ0) is 19.3. The van der Waals surface area contributed by atoms with Gasteiger partial charge in [-0.2, -0.15) is 0 Å². The summed E-state index contributed by atoms with van der Waals surface area (Å²) >= 11 is 0. The lowest BCUT2D eigenvalue weighted by Gasteiger charge is -2.29. The summed E-state index contributed by atoms with van der Waals surface area (Å²) in [4.78, 5) is 0. The number of benzene rings is 3. The highest BCUT2D eigenvalue weighted by molar-refractivity contribution is 6.63. The molecule has 0 atom stereocenters. The molecule has 3 aromatic rings. The van der Waals surface area contributed by atoms with E-state index in [0.717, 1.165) is 17.2 Å². The van der Waals surface area contributed by atoms with Gasteiger partial charge in [-0.1, -0.05) is 60.0 Å². The van der Waals surface area contributed by atoms with E-state index < -0.39 is 8.80 Å². The SMILES string of the molecule is CC[Si](Oc1ccc(C)cc1)(Oc1ccc(C)cc1)Oc1ccc(C)cc1. The first-order valence-corrected chi connectivity index (χ1v) is 11.2. The quantitative estimate of drug-likeness (QED) is 0.464. The summed E-state index contributed by atoms with van der Waals surface area (Å²) in [6.45, 7) is 8.21. The summed E-state index contributed by atoms with van der Waals surface area (Å²) < 4.78 is 19.1. The first kappa shape index (κ1) is 19.0. The third-order valence-electron chi connectivity index (χ3n) is 4.32. The molecule has 140 valence electrons. The highest BCUT2D eigenvalue weighted by Gasteiger charge is 2.47. The van der Waals surface area contributed by atoms with Gasteiger partial charge < -0.3 is 13.3 Å². The van der Waals surface area contributed by atoms with E-state index in [4.69, 9.17) is 13.3 Å². The molecule has 0 aromatic heterocycles. The van der Waals surface area contributed by atoms with Crippen LogP contribution in [0.5, 0.6) is 17.2 Å². The molecule has 0 heterocycles. The molecule has 0 aliphatic carbocycles. The molecule has 0 aliphatic rings. The van der Waals surface area contributed by atoms with E-state index in [9.17, 15) is 0 Å². The van der Waals surface area contributed by atoms with Crippen molar-refractivity contribution in [2.45, 2.75) is 33.7 Å². The van der Waals surface area contributed by atoms with Gasteiger partial charge in [-0.15, -0.1) is 0 Å². The smallest absolute Gasteiger partial charge is 0.483 e. The molecule has 0 unspecified atom stereocenters. The van der Waals surface area contributed by atoms with Crippen LogP contribution in [-0.2, 0) is 0 Å². The number of hydrogen-bond acceptors (Lipinski definition) is 3. The van der Waals surface area contributed by atoms with Crippen molar-refractivity contribution >= 4 is 8.80 Å². The van der Waals surface area contributed by atoms with Crippen LogP contribution in [0.1, 0.15) is 23.6 Å². The number of rotatable bonds is 7. The Morgan fingerprint density at radius 1 is 0.519 bits per heavy atom. The molecular formula is C23H26O3Si. The van der Waals surface area contributed by atoms with E-state index in [1.165, 1.54) is 16.7 Å². The van der Waals surface area contributed by atoms with E-state index in [1.54, 1.807) is 0 Å². The van der Waals surface area contributed by atoms with Crippen LogP contribution < -0.4 is 13.3 Å². The van der Waals surface area contributed by atoms with Crippen LogP contribution in [0.4, 0.5) is 0 Å². The Hall–Kier alpha value is -2.72. The minimum absolute atomic E-state index is 0.641. The zero-order valence-electron chi connectivity index (χ0n) is 16.4. The van der Waals surface area contributed by atoms with E-state index >= 15 is 0 Å². The van der Waals surface area contributed by atoms with Crippen molar-refractivity contribution in [2.24, 2.45) is 0 Å². The van der Waals surface area contributed by atoms with Crippen LogP contribution in [0.25, 0.3) is 0 Å². The fraction of sp³-hybridized carbons (Fsp3) is 0.217. The molecule has 0 bridgehead atoms. The Morgan fingerprint density at radius 2 is 0.778 bits per heavy atom. The number of hydrogen-bond donors (Lipinski definition) is 0. The van der Waals surface area contributed by atoms with Crippen molar-refractivity contribution < 1.29 is 13.3 Å². The van der Waals surface area contributed by atoms with Gasteiger partial charge >= 0.3 is 8.80 Å². The second-order valence-electron chi connectivity index (χ2n) is 6.78. The molecule has 0 radical (unpaired) electrons. The van der Waals surface area contributed by atoms with Gasteiger partial charge in [0.25, 0.3) is 0 Å². The molecule has 0 N–H and O–H groups in total. The second kappa shape index (κ2) is 8.31. The third-order valence-corrected chi connectivity index (χ3v) is 6.82. The number of aryl methyl sites for hydroxylation is 3. The molecule has 4 heteroatoms. The third kappa shape index (κ3) is 5.14. The predicted molar refractivity (Wildman–Crippen MR) is 112 cm³/mol. The molecule has 3 aromatic carbocycles. The van der Waals surface area contributed by atoms with Crippen molar-refractivity contribution in [3.8, 4) is 17.2 Å². The second-order valence-corrected chi connectivity index (χ2v) is 9.47. The Labute approximate surface area is 162 Å². The molecule has 0 spiro atoms. The molecule has 27 heavy (non-hydrogen) atoms. The molecule has 3 nitrogen and oxygen atoms in total. The van der Waals surface area contributed by atoms with Gasteiger partial charge in [0.05, 0.1) is 6.04 Å². The van der Waals surface area contributed by atoms with Gasteiger partial charge in [0.15, 0.2) is 0 Å². The van der Waals surface area contributed by atoms with Crippen LogP contribution in [0.15, 0.2) is 72.8 Å². The highest BCUT2D eigenvalue weighted by atomic mass is 28.4. The summed E-state index contributed by atoms with van der Waals surface area (Å²) in [5.74, 6) is 2.27. The van der Waals surface area contributed by atoms with E-state index in [0.29, 0.717) is 6.04 Å². The normalized spacial score (nSPS) is 11.1.